The number of aryl methyl sites for hydroxylation is 2. The summed E-state index contributed by atoms with van der Waals surface area (Å²) in [6.07, 6.45) is 0. The van der Waals surface area contributed by atoms with E-state index in [0.717, 1.165) is 27.7 Å². The van der Waals surface area contributed by atoms with Crippen LogP contribution in [0.15, 0.2) is 20.4 Å². The van der Waals surface area contributed by atoms with Gasteiger partial charge in [-0.2, -0.15) is 5.10 Å². The molecule has 0 saturated heterocycles. The van der Waals surface area contributed by atoms with E-state index in [9.17, 15) is 0 Å². The average Bonchev–Trinajstić information content (AvgIpc) is 2.78. The Bertz CT molecular complexity index is 548. The van der Waals surface area contributed by atoms with Crippen molar-refractivity contribution < 1.29 is 0 Å². The summed E-state index contributed by atoms with van der Waals surface area (Å²) in [7, 11) is 4.12. The monoisotopic (exact) mass is 391 g/mol. The third-order valence-electron chi connectivity index (χ3n) is 2.73. The fourth-order valence-electron chi connectivity index (χ4n) is 1.87. The summed E-state index contributed by atoms with van der Waals surface area (Å²) < 4.78 is 4.22. The minimum atomic E-state index is 0.882. The first kappa shape index (κ1) is 14.2. The Morgan fingerprint density at radius 2 is 2.11 bits per heavy atom. The SMILES string of the molecule is Cc1nn(C)c(CN(C)Cc2cc(Br)cs2)c1Br. The lowest BCUT2D eigenvalue weighted by Gasteiger charge is -2.16. The molecule has 6 heteroatoms. The van der Waals surface area contributed by atoms with Crippen LogP contribution in [0.2, 0.25) is 0 Å². The molecule has 0 aliphatic carbocycles. The van der Waals surface area contributed by atoms with E-state index in [4.69, 9.17) is 0 Å². The van der Waals surface area contributed by atoms with Gasteiger partial charge in [-0.1, -0.05) is 0 Å². The van der Waals surface area contributed by atoms with Crippen LogP contribution < -0.4 is 0 Å². The van der Waals surface area contributed by atoms with Crippen LogP contribution in [0.3, 0.4) is 0 Å². The molecule has 0 spiro atoms. The summed E-state index contributed by atoms with van der Waals surface area (Å²) in [6, 6.07) is 2.17. The molecule has 2 heterocycles. The Hall–Kier alpha value is -0.170. The number of nitrogens with zero attached hydrogens (tertiary/aromatic N) is 3. The normalized spacial score (nSPS) is 11.4. The first-order valence-corrected chi connectivity index (χ1v) is 8.03. The zero-order chi connectivity index (χ0) is 13.3. The summed E-state index contributed by atoms with van der Waals surface area (Å²) in [5.41, 5.74) is 2.25. The van der Waals surface area contributed by atoms with Crippen molar-refractivity contribution in [2.24, 2.45) is 7.05 Å². The van der Waals surface area contributed by atoms with E-state index in [-0.39, 0.29) is 0 Å². The van der Waals surface area contributed by atoms with Gasteiger partial charge in [0.2, 0.25) is 0 Å². The lowest BCUT2D eigenvalue weighted by atomic mass is 10.3. The number of rotatable bonds is 4. The maximum atomic E-state index is 4.41. The maximum Gasteiger partial charge on any atom is 0.0739 e. The van der Waals surface area contributed by atoms with Gasteiger partial charge in [0.25, 0.3) is 0 Å². The molecule has 0 aliphatic heterocycles. The highest BCUT2D eigenvalue weighted by Gasteiger charge is 2.13. The van der Waals surface area contributed by atoms with Crippen LogP contribution in [0.4, 0.5) is 0 Å². The molecule has 0 N–H and O–H groups in total. The molecule has 18 heavy (non-hydrogen) atoms. The van der Waals surface area contributed by atoms with E-state index in [1.165, 1.54) is 10.6 Å². The van der Waals surface area contributed by atoms with Crippen molar-refractivity contribution in [3.05, 3.63) is 36.7 Å². The van der Waals surface area contributed by atoms with Crippen LogP contribution in [0, 0.1) is 6.92 Å². The van der Waals surface area contributed by atoms with E-state index < -0.39 is 0 Å². The van der Waals surface area contributed by atoms with Gasteiger partial charge in [-0.25, -0.2) is 0 Å². The van der Waals surface area contributed by atoms with Crippen molar-refractivity contribution in [3.8, 4) is 0 Å². The third-order valence-corrected chi connectivity index (χ3v) is 5.44. The lowest BCUT2D eigenvalue weighted by molar-refractivity contribution is 0.311. The van der Waals surface area contributed by atoms with Crippen LogP contribution in [-0.4, -0.2) is 21.7 Å². The molecule has 98 valence electrons. The molecular formula is C12H15Br2N3S. The largest absolute Gasteiger partial charge is 0.295 e. The van der Waals surface area contributed by atoms with E-state index in [1.807, 2.05) is 18.7 Å². The van der Waals surface area contributed by atoms with Crippen LogP contribution >= 0.6 is 43.2 Å². The standard InChI is InChI=1S/C12H15Br2N3S/c1-8-12(14)11(17(3)15-8)6-16(2)5-10-4-9(13)7-18-10/h4,7H,5-6H2,1-3H3. The number of hydrogen-bond acceptors (Lipinski definition) is 3. The second-order valence-corrected chi connectivity index (χ2v) is 7.08. The van der Waals surface area contributed by atoms with Gasteiger partial charge in [0.1, 0.15) is 0 Å². The Balaban J connectivity index is 2.05. The Morgan fingerprint density at radius 1 is 1.39 bits per heavy atom. The Kier molecular flexibility index (Phi) is 4.64. The van der Waals surface area contributed by atoms with Gasteiger partial charge < -0.3 is 0 Å². The van der Waals surface area contributed by atoms with Gasteiger partial charge >= 0.3 is 0 Å². The summed E-state index contributed by atoms with van der Waals surface area (Å²) in [4.78, 5) is 3.65. The van der Waals surface area contributed by atoms with E-state index in [2.05, 4.69) is 60.4 Å². The second-order valence-electron chi connectivity index (χ2n) is 4.37. The molecular weight excluding hydrogens is 378 g/mol. The highest BCUT2D eigenvalue weighted by Crippen LogP contribution is 2.24. The van der Waals surface area contributed by atoms with Gasteiger partial charge in [-0.05, 0) is 51.9 Å². The smallest absolute Gasteiger partial charge is 0.0739 e. The lowest BCUT2D eigenvalue weighted by Crippen LogP contribution is -2.18. The first-order chi connectivity index (χ1) is 8.47. The molecule has 0 amide bonds. The van der Waals surface area contributed by atoms with Crippen LogP contribution in [0.1, 0.15) is 16.3 Å². The van der Waals surface area contributed by atoms with Crippen LogP contribution in [-0.2, 0) is 20.1 Å². The van der Waals surface area contributed by atoms with Gasteiger partial charge in [-0.3, -0.25) is 9.58 Å². The minimum absolute atomic E-state index is 0.882. The number of hydrogen-bond donors (Lipinski definition) is 0. The van der Waals surface area contributed by atoms with Crippen LogP contribution in [0.5, 0.6) is 0 Å². The molecule has 0 radical (unpaired) electrons. The zero-order valence-electron chi connectivity index (χ0n) is 10.6. The van der Waals surface area contributed by atoms with Crippen LogP contribution in [0.25, 0.3) is 0 Å². The predicted molar refractivity (Wildman–Crippen MR) is 82.8 cm³/mol. The van der Waals surface area contributed by atoms with Gasteiger partial charge in [0, 0.05) is 34.9 Å². The van der Waals surface area contributed by atoms with Crippen molar-refractivity contribution in [1.82, 2.24) is 14.7 Å². The van der Waals surface area contributed by atoms with Gasteiger partial charge in [-0.15, -0.1) is 11.3 Å². The molecule has 2 rings (SSSR count). The molecule has 0 fully saturated rings. The highest BCUT2D eigenvalue weighted by atomic mass is 79.9. The summed E-state index contributed by atoms with van der Waals surface area (Å²) in [5, 5.41) is 6.53. The van der Waals surface area contributed by atoms with E-state index in [0.29, 0.717) is 0 Å². The highest BCUT2D eigenvalue weighted by molar-refractivity contribution is 9.10. The number of aromatic nitrogens is 2. The summed E-state index contributed by atoms with van der Waals surface area (Å²) in [5.74, 6) is 0. The minimum Gasteiger partial charge on any atom is -0.295 e. The third kappa shape index (κ3) is 3.23. The van der Waals surface area contributed by atoms with Crippen molar-refractivity contribution >= 4 is 43.2 Å². The fraction of sp³-hybridized carbons (Fsp3) is 0.417. The molecule has 0 unspecified atom stereocenters. The topological polar surface area (TPSA) is 21.1 Å². The number of halogens is 2. The van der Waals surface area contributed by atoms with Gasteiger partial charge in [0.05, 0.1) is 15.9 Å². The first-order valence-electron chi connectivity index (χ1n) is 5.57. The van der Waals surface area contributed by atoms with Crippen molar-refractivity contribution in [3.63, 3.8) is 0 Å². The number of thiophene rings is 1. The molecule has 0 aliphatic rings. The predicted octanol–water partition coefficient (Wildman–Crippen LogP) is 3.95. The molecule has 2 aromatic heterocycles. The molecule has 0 saturated carbocycles. The molecule has 2 aromatic rings. The quantitative estimate of drug-likeness (QED) is 0.785. The van der Waals surface area contributed by atoms with Gasteiger partial charge in [0.15, 0.2) is 0 Å². The van der Waals surface area contributed by atoms with Crippen molar-refractivity contribution in [1.29, 1.82) is 0 Å². The molecule has 0 bridgehead atoms. The maximum absolute atomic E-state index is 4.41. The van der Waals surface area contributed by atoms with Crippen molar-refractivity contribution in [2.75, 3.05) is 7.05 Å². The summed E-state index contributed by atoms with van der Waals surface area (Å²) >= 11 is 8.87. The Morgan fingerprint density at radius 3 is 2.61 bits per heavy atom. The van der Waals surface area contributed by atoms with E-state index in [1.54, 1.807) is 11.3 Å². The summed E-state index contributed by atoms with van der Waals surface area (Å²) in [6.45, 7) is 3.85. The van der Waals surface area contributed by atoms with E-state index >= 15 is 0 Å². The fourth-order valence-corrected chi connectivity index (χ4v) is 3.86. The zero-order valence-corrected chi connectivity index (χ0v) is 14.6. The molecule has 0 atom stereocenters. The Labute approximate surface area is 128 Å². The van der Waals surface area contributed by atoms with Crippen molar-refractivity contribution in [2.45, 2.75) is 20.0 Å². The average molecular weight is 393 g/mol. The second kappa shape index (κ2) is 5.86. The molecule has 3 nitrogen and oxygen atoms in total. The molecule has 0 aromatic carbocycles.